The Morgan fingerprint density at radius 1 is 1.07 bits per heavy atom. The molecule has 6 heteroatoms. The molecule has 1 amide bonds. The third kappa shape index (κ3) is 4.17. The second-order valence-corrected chi connectivity index (χ2v) is 7.07. The van der Waals surface area contributed by atoms with Crippen molar-refractivity contribution in [3.63, 3.8) is 0 Å². The van der Waals surface area contributed by atoms with Gasteiger partial charge in [0, 0.05) is 31.2 Å². The first-order valence-corrected chi connectivity index (χ1v) is 9.86. The van der Waals surface area contributed by atoms with Crippen molar-refractivity contribution in [3.05, 3.63) is 59.8 Å². The van der Waals surface area contributed by atoms with Gasteiger partial charge in [0.15, 0.2) is 0 Å². The predicted octanol–water partition coefficient (Wildman–Crippen LogP) is 2.75. The molecule has 28 heavy (non-hydrogen) atoms. The number of morpholine rings is 1. The van der Waals surface area contributed by atoms with Crippen molar-refractivity contribution in [1.82, 2.24) is 14.9 Å². The number of amides is 1. The normalized spacial score (nSPS) is 14.4. The Labute approximate surface area is 165 Å². The molecule has 0 aliphatic carbocycles. The Kier molecular flexibility index (Phi) is 5.58. The largest absolute Gasteiger partial charge is 0.378 e. The summed E-state index contributed by atoms with van der Waals surface area (Å²) in [5.74, 6) is 0.919. The van der Waals surface area contributed by atoms with E-state index in [0.717, 1.165) is 55.1 Å². The minimum atomic E-state index is -0.0179. The molecule has 1 saturated heterocycles. The molecule has 146 valence electrons. The Morgan fingerprint density at radius 3 is 2.57 bits per heavy atom. The fourth-order valence-electron chi connectivity index (χ4n) is 3.45. The molecule has 0 unspecified atom stereocenters. The molecule has 1 aromatic carbocycles. The molecule has 0 saturated carbocycles. The molecule has 0 radical (unpaired) electrons. The van der Waals surface area contributed by atoms with Gasteiger partial charge in [0.1, 0.15) is 18.0 Å². The summed E-state index contributed by atoms with van der Waals surface area (Å²) in [6, 6.07) is 14.5. The lowest BCUT2D eigenvalue weighted by atomic mass is 10.1. The molecule has 0 bridgehead atoms. The van der Waals surface area contributed by atoms with Crippen LogP contribution in [0.25, 0.3) is 11.0 Å². The molecule has 6 nitrogen and oxygen atoms in total. The van der Waals surface area contributed by atoms with Crippen LogP contribution < -0.4 is 10.2 Å². The van der Waals surface area contributed by atoms with Crippen molar-refractivity contribution in [1.29, 1.82) is 0 Å². The zero-order chi connectivity index (χ0) is 19.3. The number of nitrogens with zero attached hydrogens (tertiary/aromatic N) is 3. The molecular weight excluding hydrogens is 352 g/mol. The summed E-state index contributed by atoms with van der Waals surface area (Å²) >= 11 is 0. The lowest BCUT2D eigenvalue weighted by Gasteiger charge is -2.27. The fraction of sp³-hybridized carbons (Fsp3) is 0.364. The molecule has 4 rings (SSSR count). The van der Waals surface area contributed by atoms with Crippen molar-refractivity contribution in [3.8, 4) is 0 Å². The first-order valence-electron chi connectivity index (χ1n) is 9.86. The number of hydrogen-bond donors (Lipinski definition) is 1. The molecule has 1 fully saturated rings. The maximum atomic E-state index is 12.5. The number of nitrogens with one attached hydrogen (secondary N) is 1. The van der Waals surface area contributed by atoms with E-state index in [-0.39, 0.29) is 12.5 Å². The van der Waals surface area contributed by atoms with Gasteiger partial charge in [-0.25, -0.2) is 4.98 Å². The summed E-state index contributed by atoms with van der Waals surface area (Å²) in [6.45, 7) is 6.07. The first kappa shape index (κ1) is 18.5. The number of benzene rings is 1. The minimum Gasteiger partial charge on any atom is -0.378 e. The van der Waals surface area contributed by atoms with E-state index in [4.69, 9.17) is 9.72 Å². The molecule has 0 spiro atoms. The van der Waals surface area contributed by atoms with Crippen molar-refractivity contribution in [2.45, 2.75) is 26.4 Å². The smallest absolute Gasteiger partial charge is 0.240 e. The van der Waals surface area contributed by atoms with E-state index in [2.05, 4.69) is 47.5 Å². The molecular formula is C22H26N4O2. The van der Waals surface area contributed by atoms with E-state index in [1.807, 2.05) is 22.9 Å². The van der Waals surface area contributed by atoms with Crippen LogP contribution in [0.2, 0.25) is 0 Å². The van der Waals surface area contributed by atoms with E-state index < -0.39 is 0 Å². The van der Waals surface area contributed by atoms with Crippen LogP contribution in [0.15, 0.2) is 48.7 Å². The SMILES string of the molecule is CCc1ccc(CNC(=O)Cn2ccc3ccc(N4CCOCC4)nc32)cc1. The summed E-state index contributed by atoms with van der Waals surface area (Å²) in [7, 11) is 0. The third-order valence-corrected chi connectivity index (χ3v) is 5.17. The first-order chi connectivity index (χ1) is 13.7. The Bertz CT molecular complexity index is 943. The maximum Gasteiger partial charge on any atom is 0.240 e. The topological polar surface area (TPSA) is 59.4 Å². The van der Waals surface area contributed by atoms with Crippen LogP contribution in [0.3, 0.4) is 0 Å². The van der Waals surface area contributed by atoms with Crippen molar-refractivity contribution in [2.24, 2.45) is 0 Å². The summed E-state index contributed by atoms with van der Waals surface area (Å²) in [5.41, 5.74) is 3.25. The van der Waals surface area contributed by atoms with Gasteiger partial charge in [-0.2, -0.15) is 0 Å². The van der Waals surface area contributed by atoms with Gasteiger partial charge < -0.3 is 19.5 Å². The number of aromatic nitrogens is 2. The molecule has 3 heterocycles. The highest BCUT2D eigenvalue weighted by Crippen LogP contribution is 2.20. The van der Waals surface area contributed by atoms with Crippen LogP contribution >= 0.6 is 0 Å². The zero-order valence-electron chi connectivity index (χ0n) is 16.2. The number of pyridine rings is 1. The maximum absolute atomic E-state index is 12.5. The Morgan fingerprint density at radius 2 is 1.82 bits per heavy atom. The Balaban J connectivity index is 1.42. The monoisotopic (exact) mass is 378 g/mol. The average molecular weight is 378 g/mol. The highest BCUT2D eigenvalue weighted by atomic mass is 16.5. The fourth-order valence-corrected chi connectivity index (χ4v) is 3.45. The van der Waals surface area contributed by atoms with Crippen LogP contribution in [0, 0.1) is 0 Å². The van der Waals surface area contributed by atoms with Gasteiger partial charge >= 0.3 is 0 Å². The highest BCUT2D eigenvalue weighted by Gasteiger charge is 2.14. The van der Waals surface area contributed by atoms with Gasteiger partial charge in [0.2, 0.25) is 5.91 Å². The minimum absolute atomic E-state index is 0.0179. The predicted molar refractivity (Wildman–Crippen MR) is 110 cm³/mol. The van der Waals surface area contributed by atoms with Crippen molar-refractivity contribution >= 4 is 22.8 Å². The summed E-state index contributed by atoms with van der Waals surface area (Å²) < 4.78 is 7.33. The quantitative estimate of drug-likeness (QED) is 0.717. The van der Waals surface area contributed by atoms with E-state index >= 15 is 0 Å². The molecule has 1 aliphatic rings. The number of fused-ring (bicyclic) bond motifs is 1. The van der Waals surface area contributed by atoms with Crippen LogP contribution in [-0.4, -0.2) is 41.8 Å². The summed E-state index contributed by atoms with van der Waals surface area (Å²) in [4.78, 5) is 19.5. The van der Waals surface area contributed by atoms with Crippen LogP contribution in [0.1, 0.15) is 18.1 Å². The van der Waals surface area contributed by atoms with Gasteiger partial charge in [0.25, 0.3) is 0 Å². The standard InChI is InChI=1S/C22H26N4O2/c1-2-17-3-5-18(6-4-17)15-23-21(27)16-26-10-9-19-7-8-20(24-22(19)26)25-11-13-28-14-12-25/h3-10H,2,11-16H2,1H3,(H,23,27). The van der Waals surface area contributed by atoms with E-state index in [1.165, 1.54) is 5.56 Å². The molecule has 0 atom stereocenters. The van der Waals surface area contributed by atoms with Gasteiger partial charge in [-0.3, -0.25) is 4.79 Å². The number of carbonyl (C=O) groups is 1. The third-order valence-electron chi connectivity index (χ3n) is 5.17. The van der Waals surface area contributed by atoms with Gasteiger partial charge in [0.05, 0.1) is 13.2 Å². The Hall–Kier alpha value is -2.86. The summed E-state index contributed by atoms with van der Waals surface area (Å²) in [5, 5.41) is 4.04. The van der Waals surface area contributed by atoms with Crippen molar-refractivity contribution in [2.75, 3.05) is 31.2 Å². The highest BCUT2D eigenvalue weighted by molar-refractivity contribution is 5.82. The molecule has 3 aromatic rings. The lowest BCUT2D eigenvalue weighted by molar-refractivity contribution is -0.121. The van der Waals surface area contributed by atoms with Crippen molar-refractivity contribution < 1.29 is 9.53 Å². The van der Waals surface area contributed by atoms with Gasteiger partial charge in [-0.1, -0.05) is 31.2 Å². The zero-order valence-corrected chi connectivity index (χ0v) is 16.2. The molecule has 1 N–H and O–H groups in total. The number of rotatable bonds is 6. The molecule has 1 aliphatic heterocycles. The van der Waals surface area contributed by atoms with Crippen LogP contribution in [-0.2, 0) is 29.0 Å². The van der Waals surface area contributed by atoms with E-state index in [0.29, 0.717) is 6.54 Å². The number of aryl methyl sites for hydroxylation is 1. The van der Waals surface area contributed by atoms with Crippen LogP contribution in [0.4, 0.5) is 5.82 Å². The van der Waals surface area contributed by atoms with E-state index in [9.17, 15) is 4.79 Å². The average Bonchev–Trinajstić information content (AvgIpc) is 3.15. The number of ether oxygens (including phenoxy) is 1. The lowest BCUT2D eigenvalue weighted by Crippen LogP contribution is -2.36. The van der Waals surface area contributed by atoms with Gasteiger partial charge in [-0.15, -0.1) is 0 Å². The van der Waals surface area contributed by atoms with E-state index in [1.54, 1.807) is 0 Å². The summed E-state index contributed by atoms with van der Waals surface area (Å²) in [6.07, 6.45) is 2.95. The van der Waals surface area contributed by atoms with Gasteiger partial charge in [-0.05, 0) is 35.7 Å². The number of anilines is 1. The van der Waals surface area contributed by atoms with Crippen LogP contribution in [0.5, 0.6) is 0 Å². The molecule has 2 aromatic heterocycles. The second kappa shape index (κ2) is 8.44. The number of carbonyl (C=O) groups excluding carboxylic acids is 1. The second-order valence-electron chi connectivity index (χ2n) is 7.07. The number of hydrogen-bond acceptors (Lipinski definition) is 4.